The van der Waals surface area contributed by atoms with Crippen molar-refractivity contribution in [1.29, 1.82) is 0 Å². The second-order valence-corrected chi connectivity index (χ2v) is 11.0. The van der Waals surface area contributed by atoms with Gasteiger partial charge in [0.15, 0.2) is 9.84 Å². The maximum Gasteiger partial charge on any atom is 0.283 e. The molecule has 0 saturated carbocycles. The van der Waals surface area contributed by atoms with E-state index in [1.807, 2.05) is 19.2 Å². The molecule has 2 unspecified atom stereocenters. The molecule has 0 bridgehead atoms. The van der Waals surface area contributed by atoms with Gasteiger partial charge in [-0.15, -0.1) is 17.3 Å². The quantitative estimate of drug-likeness (QED) is 0.741. The van der Waals surface area contributed by atoms with Crippen LogP contribution in [0.1, 0.15) is 43.6 Å². The van der Waals surface area contributed by atoms with E-state index in [2.05, 4.69) is 33.3 Å². The fourth-order valence-corrected chi connectivity index (χ4v) is 7.15. The Balaban J connectivity index is 1.68. The van der Waals surface area contributed by atoms with Crippen molar-refractivity contribution in [2.45, 2.75) is 44.2 Å². The van der Waals surface area contributed by atoms with Crippen LogP contribution in [0.25, 0.3) is 11.1 Å². The summed E-state index contributed by atoms with van der Waals surface area (Å²) >= 11 is 1.59. The molecular weight excluding hydrogens is 406 g/mol. The monoisotopic (exact) mass is 429 g/mol. The first kappa shape index (κ1) is 19.9. The zero-order chi connectivity index (χ0) is 20.7. The fourth-order valence-electron chi connectivity index (χ4n) is 4.29. The minimum atomic E-state index is -3.15. The van der Waals surface area contributed by atoms with Gasteiger partial charge in [0.1, 0.15) is 11.1 Å². The molecule has 1 spiro atoms. The van der Waals surface area contributed by atoms with Crippen LogP contribution in [0, 0.1) is 11.8 Å². The fraction of sp³-hybridized carbons (Fsp3) is 0.429. The second kappa shape index (κ2) is 7.15. The minimum absolute atomic E-state index is 0.00824. The van der Waals surface area contributed by atoms with E-state index in [1.165, 1.54) is 0 Å². The number of sulfone groups is 1. The summed E-state index contributed by atoms with van der Waals surface area (Å²) in [7, 11) is -3.15. The number of pyridine rings is 1. The molecule has 4 heterocycles. The Hall–Kier alpha value is -2.37. The van der Waals surface area contributed by atoms with Crippen LogP contribution in [0.3, 0.4) is 0 Å². The molecule has 1 fully saturated rings. The molecule has 8 heteroatoms. The Morgan fingerprint density at radius 1 is 1.28 bits per heavy atom. The molecule has 2 aliphatic rings. The summed E-state index contributed by atoms with van der Waals surface area (Å²) in [6, 6.07) is 4.15. The number of aliphatic imine (C=N–C) groups is 1. The lowest BCUT2D eigenvalue weighted by atomic mass is 9.82. The highest BCUT2D eigenvalue weighted by Crippen LogP contribution is 2.46. The van der Waals surface area contributed by atoms with Crippen LogP contribution in [0.4, 0.5) is 0 Å². The minimum Gasteiger partial charge on any atom is -0.458 e. The summed E-state index contributed by atoms with van der Waals surface area (Å²) in [6.45, 7) is 3.79. The average molecular weight is 430 g/mol. The topological polar surface area (TPSA) is 94.6 Å². The van der Waals surface area contributed by atoms with E-state index in [0.717, 1.165) is 21.6 Å². The molecule has 0 aliphatic carbocycles. The van der Waals surface area contributed by atoms with E-state index in [-0.39, 0.29) is 17.5 Å². The number of nitrogens with two attached hydrogens (primary N) is 1. The SMILES string of the molecule is CC#Cc1cncc(-c2csc(C3(C)CC4(CCCS(=O)(=O)C4)OC(N)=N3)c2)c1. The van der Waals surface area contributed by atoms with Crippen LogP contribution in [0.2, 0.25) is 0 Å². The van der Waals surface area contributed by atoms with Crippen molar-refractivity contribution >= 4 is 27.2 Å². The Labute approximate surface area is 175 Å². The molecule has 29 heavy (non-hydrogen) atoms. The van der Waals surface area contributed by atoms with Gasteiger partial charge in [-0.05, 0) is 49.8 Å². The number of ether oxygens (including phenoxy) is 1. The van der Waals surface area contributed by atoms with Gasteiger partial charge in [-0.25, -0.2) is 13.4 Å². The molecule has 1 saturated heterocycles. The number of thiophene rings is 1. The molecule has 2 N–H and O–H groups in total. The van der Waals surface area contributed by atoms with E-state index >= 15 is 0 Å². The standard InChI is InChI=1S/C21H23N3O3S2/c1-3-5-15-8-16(11-23-10-15)17-9-18(28-12-17)20(2)13-21(27-19(22)24-20)6-4-7-29(25,26)14-21/h8-12H,4,6-7,13-14H2,1-2H3,(H2,22,24). The number of rotatable bonds is 2. The van der Waals surface area contributed by atoms with Gasteiger partial charge in [0.25, 0.3) is 6.02 Å². The highest BCUT2D eigenvalue weighted by molar-refractivity contribution is 7.91. The number of nitrogens with zero attached hydrogens (tertiary/aromatic N) is 2. The number of amidine groups is 1. The molecule has 0 amide bonds. The van der Waals surface area contributed by atoms with Crippen LogP contribution >= 0.6 is 11.3 Å². The molecule has 2 aliphatic heterocycles. The zero-order valence-electron chi connectivity index (χ0n) is 16.4. The summed E-state index contributed by atoms with van der Waals surface area (Å²) in [6.07, 6.45) is 5.28. The molecule has 2 aromatic heterocycles. The summed E-state index contributed by atoms with van der Waals surface area (Å²) in [4.78, 5) is 9.89. The molecule has 152 valence electrons. The van der Waals surface area contributed by atoms with E-state index in [0.29, 0.717) is 19.3 Å². The smallest absolute Gasteiger partial charge is 0.283 e. The first-order valence-electron chi connectivity index (χ1n) is 9.45. The Kier molecular flexibility index (Phi) is 4.91. The lowest BCUT2D eigenvalue weighted by Gasteiger charge is -2.44. The van der Waals surface area contributed by atoms with Crippen molar-refractivity contribution in [3.8, 4) is 23.0 Å². The van der Waals surface area contributed by atoms with E-state index in [4.69, 9.17) is 10.5 Å². The van der Waals surface area contributed by atoms with Crippen LogP contribution < -0.4 is 5.73 Å². The summed E-state index contributed by atoms with van der Waals surface area (Å²) in [5, 5.41) is 2.06. The van der Waals surface area contributed by atoms with Crippen LogP contribution in [0.15, 0.2) is 34.9 Å². The van der Waals surface area contributed by atoms with Crippen molar-refractivity contribution in [2.24, 2.45) is 10.7 Å². The highest BCUT2D eigenvalue weighted by Gasteiger charge is 2.50. The predicted molar refractivity (Wildman–Crippen MR) is 115 cm³/mol. The first-order valence-corrected chi connectivity index (χ1v) is 12.1. The molecule has 6 nitrogen and oxygen atoms in total. The van der Waals surface area contributed by atoms with Crippen molar-refractivity contribution in [1.82, 2.24) is 4.98 Å². The lowest BCUT2D eigenvalue weighted by molar-refractivity contribution is 0.0145. The Bertz CT molecular complexity index is 1140. The van der Waals surface area contributed by atoms with E-state index in [9.17, 15) is 8.42 Å². The van der Waals surface area contributed by atoms with Crippen LogP contribution in [-0.4, -0.2) is 36.5 Å². The molecular formula is C21H23N3O3S2. The maximum atomic E-state index is 12.3. The third-order valence-electron chi connectivity index (χ3n) is 5.39. The van der Waals surface area contributed by atoms with Gasteiger partial charge < -0.3 is 10.5 Å². The van der Waals surface area contributed by atoms with Gasteiger partial charge >= 0.3 is 0 Å². The molecule has 2 aromatic rings. The van der Waals surface area contributed by atoms with E-state index in [1.54, 1.807) is 24.5 Å². The molecule has 0 radical (unpaired) electrons. The largest absolute Gasteiger partial charge is 0.458 e. The van der Waals surface area contributed by atoms with Gasteiger partial charge in [0, 0.05) is 34.8 Å². The number of hydrogen-bond acceptors (Lipinski definition) is 7. The lowest BCUT2D eigenvalue weighted by Crippen LogP contribution is -2.54. The normalized spacial score (nSPS) is 28.1. The average Bonchev–Trinajstić information content (AvgIpc) is 3.11. The number of hydrogen-bond donors (Lipinski definition) is 1. The van der Waals surface area contributed by atoms with E-state index < -0.39 is 21.0 Å². The van der Waals surface area contributed by atoms with Crippen molar-refractivity contribution in [2.75, 3.05) is 11.5 Å². The Morgan fingerprint density at radius 2 is 2.10 bits per heavy atom. The van der Waals surface area contributed by atoms with Crippen molar-refractivity contribution in [3.05, 3.63) is 40.3 Å². The predicted octanol–water partition coefficient (Wildman–Crippen LogP) is 3.08. The summed E-state index contributed by atoms with van der Waals surface area (Å²) in [5.41, 5.74) is 7.46. The van der Waals surface area contributed by atoms with Crippen LogP contribution in [0.5, 0.6) is 0 Å². The van der Waals surface area contributed by atoms with Crippen molar-refractivity contribution in [3.63, 3.8) is 0 Å². The van der Waals surface area contributed by atoms with Gasteiger partial charge in [-0.1, -0.05) is 5.92 Å². The number of aromatic nitrogens is 1. The zero-order valence-corrected chi connectivity index (χ0v) is 18.1. The molecule has 2 atom stereocenters. The van der Waals surface area contributed by atoms with Crippen LogP contribution in [-0.2, 0) is 20.1 Å². The highest BCUT2D eigenvalue weighted by atomic mass is 32.2. The van der Waals surface area contributed by atoms with Crippen molar-refractivity contribution < 1.29 is 13.2 Å². The molecule has 4 rings (SSSR count). The van der Waals surface area contributed by atoms with Gasteiger partial charge in [-0.2, -0.15) is 0 Å². The van der Waals surface area contributed by atoms with Gasteiger partial charge in [0.2, 0.25) is 0 Å². The second-order valence-electron chi connectivity index (χ2n) is 7.92. The van der Waals surface area contributed by atoms with Gasteiger partial charge in [0.05, 0.1) is 11.5 Å². The summed E-state index contributed by atoms with van der Waals surface area (Å²) in [5.74, 6) is 6.11. The molecule has 0 aromatic carbocycles. The third-order valence-corrected chi connectivity index (χ3v) is 8.45. The summed E-state index contributed by atoms with van der Waals surface area (Å²) < 4.78 is 30.4. The third kappa shape index (κ3) is 4.02. The Morgan fingerprint density at radius 3 is 2.86 bits per heavy atom. The van der Waals surface area contributed by atoms with Gasteiger partial charge in [-0.3, -0.25) is 4.98 Å². The first-order chi connectivity index (χ1) is 13.7. The maximum absolute atomic E-state index is 12.3.